The topological polar surface area (TPSA) is 60.9 Å². The lowest BCUT2D eigenvalue weighted by Gasteiger charge is -2.26. The minimum atomic E-state index is -0.133. The van der Waals surface area contributed by atoms with Crippen LogP contribution in [0.15, 0.2) is 16.9 Å². The number of nitrogens with two attached hydrogens (primary N) is 1. The molecule has 0 bridgehead atoms. The monoisotopic (exact) mass is 299 g/mol. The van der Waals surface area contributed by atoms with Crippen molar-refractivity contribution in [2.24, 2.45) is 12.8 Å². The molecule has 2 N–H and O–H groups in total. The average molecular weight is 299 g/mol. The number of hydrogen-bond donors (Lipinski definition) is 1. The standard InChI is InChI=1S/C18H25N3O/c1-11-9-13(12(2)19)15-14(10-11)16(22)21(4)17(20-15)18(3)7-5-6-8-18/h9-10,12H,5-8,19H2,1-4H3. The summed E-state index contributed by atoms with van der Waals surface area (Å²) in [5, 5.41) is 0.681. The molecule has 1 heterocycles. The molecule has 1 atom stereocenters. The first-order valence-corrected chi connectivity index (χ1v) is 8.11. The summed E-state index contributed by atoms with van der Waals surface area (Å²) < 4.78 is 1.75. The van der Waals surface area contributed by atoms with Gasteiger partial charge in [-0.25, -0.2) is 4.98 Å². The van der Waals surface area contributed by atoms with Gasteiger partial charge in [0.05, 0.1) is 10.9 Å². The van der Waals surface area contributed by atoms with E-state index in [-0.39, 0.29) is 17.0 Å². The molecular weight excluding hydrogens is 274 g/mol. The van der Waals surface area contributed by atoms with Crippen LogP contribution < -0.4 is 11.3 Å². The van der Waals surface area contributed by atoms with E-state index in [1.54, 1.807) is 4.57 Å². The summed E-state index contributed by atoms with van der Waals surface area (Å²) in [5.74, 6) is 0.910. The molecule has 4 nitrogen and oxygen atoms in total. The smallest absolute Gasteiger partial charge is 0.261 e. The summed E-state index contributed by atoms with van der Waals surface area (Å²) in [4.78, 5) is 17.8. The van der Waals surface area contributed by atoms with Gasteiger partial charge in [-0.2, -0.15) is 0 Å². The van der Waals surface area contributed by atoms with Crippen molar-refractivity contribution in [1.29, 1.82) is 0 Å². The van der Waals surface area contributed by atoms with E-state index >= 15 is 0 Å². The van der Waals surface area contributed by atoms with E-state index < -0.39 is 0 Å². The first-order valence-electron chi connectivity index (χ1n) is 8.11. The Morgan fingerprint density at radius 2 is 1.95 bits per heavy atom. The third-order valence-corrected chi connectivity index (χ3v) is 5.09. The molecule has 1 saturated carbocycles. The Morgan fingerprint density at radius 3 is 2.55 bits per heavy atom. The molecule has 0 spiro atoms. The van der Waals surface area contributed by atoms with Gasteiger partial charge in [0.15, 0.2) is 0 Å². The minimum Gasteiger partial charge on any atom is -0.324 e. The molecule has 3 rings (SSSR count). The van der Waals surface area contributed by atoms with Crippen molar-refractivity contribution in [3.05, 3.63) is 39.4 Å². The maximum Gasteiger partial charge on any atom is 0.261 e. The molecule has 4 heteroatoms. The van der Waals surface area contributed by atoms with Gasteiger partial charge in [0.1, 0.15) is 5.82 Å². The highest BCUT2D eigenvalue weighted by atomic mass is 16.1. The summed E-state index contributed by atoms with van der Waals surface area (Å²) in [6, 6.07) is 3.85. The van der Waals surface area contributed by atoms with Gasteiger partial charge in [-0.15, -0.1) is 0 Å². The third-order valence-electron chi connectivity index (χ3n) is 5.09. The van der Waals surface area contributed by atoms with Crippen LogP contribution >= 0.6 is 0 Å². The second kappa shape index (κ2) is 5.20. The zero-order valence-electron chi connectivity index (χ0n) is 13.9. The van der Waals surface area contributed by atoms with Gasteiger partial charge in [-0.05, 0) is 43.9 Å². The molecule has 2 aromatic rings. The Labute approximate surface area is 131 Å². The Hall–Kier alpha value is -1.68. The molecular formula is C18H25N3O. The first-order chi connectivity index (χ1) is 10.3. The lowest BCUT2D eigenvalue weighted by atomic mass is 9.87. The van der Waals surface area contributed by atoms with E-state index in [1.165, 1.54) is 12.8 Å². The Kier molecular flexibility index (Phi) is 3.60. The maximum absolute atomic E-state index is 12.9. The number of hydrogen-bond acceptors (Lipinski definition) is 3. The van der Waals surface area contributed by atoms with E-state index in [1.807, 2.05) is 27.0 Å². The molecule has 1 fully saturated rings. The highest BCUT2D eigenvalue weighted by Gasteiger charge is 2.34. The summed E-state index contributed by atoms with van der Waals surface area (Å²) in [5.41, 5.74) is 8.97. The molecule has 118 valence electrons. The van der Waals surface area contributed by atoms with E-state index in [9.17, 15) is 4.79 Å². The van der Waals surface area contributed by atoms with Gasteiger partial charge in [0.2, 0.25) is 0 Å². The van der Waals surface area contributed by atoms with Gasteiger partial charge < -0.3 is 5.73 Å². The lowest BCUT2D eigenvalue weighted by molar-refractivity contribution is 0.435. The fraction of sp³-hybridized carbons (Fsp3) is 0.556. The first kappa shape index (κ1) is 15.2. The van der Waals surface area contributed by atoms with Crippen LogP contribution in [0.2, 0.25) is 0 Å². The summed E-state index contributed by atoms with van der Waals surface area (Å²) >= 11 is 0. The second-order valence-corrected chi connectivity index (χ2v) is 7.11. The summed E-state index contributed by atoms with van der Waals surface area (Å²) in [7, 11) is 1.85. The number of rotatable bonds is 2. The van der Waals surface area contributed by atoms with Crippen LogP contribution in [-0.2, 0) is 12.5 Å². The normalized spacial score (nSPS) is 18.8. The quantitative estimate of drug-likeness (QED) is 0.927. The van der Waals surface area contributed by atoms with Crippen LogP contribution in [0.5, 0.6) is 0 Å². The van der Waals surface area contributed by atoms with Crippen LogP contribution in [-0.4, -0.2) is 9.55 Å². The Balaban J connectivity index is 2.37. The Bertz CT molecular complexity index is 783. The third kappa shape index (κ3) is 2.26. The Morgan fingerprint density at radius 1 is 1.32 bits per heavy atom. The SMILES string of the molecule is Cc1cc(C(C)N)c2nc(C3(C)CCCC3)n(C)c(=O)c2c1. The highest BCUT2D eigenvalue weighted by molar-refractivity contribution is 5.82. The molecule has 22 heavy (non-hydrogen) atoms. The van der Waals surface area contributed by atoms with E-state index in [0.29, 0.717) is 5.39 Å². The van der Waals surface area contributed by atoms with Crippen molar-refractivity contribution in [1.82, 2.24) is 9.55 Å². The van der Waals surface area contributed by atoms with Crippen molar-refractivity contribution in [3.8, 4) is 0 Å². The van der Waals surface area contributed by atoms with Crippen LogP contribution in [0.25, 0.3) is 10.9 Å². The molecule has 0 saturated heterocycles. The summed E-state index contributed by atoms with van der Waals surface area (Å²) in [6.45, 7) is 6.18. The fourth-order valence-electron chi connectivity index (χ4n) is 3.82. The second-order valence-electron chi connectivity index (χ2n) is 7.11. The molecule has 1 unspecified atom stereocenters. The maximum atomic E-state index is 12.9. The van der Waals surface area contributed by atoms with Crippen LogP contribution in [0.4, 0.5) is 0 Å². The minimum absolute atomic E-state index is 0.00208. The van der Waals surface area contributed by atoms with Gasteiger partial charge in [-0.1, -0.05) is 25.8 Å². The van der Waals surface area contributed by atoms with Gasteiger partial charge in [0, 0.05) is 18.5 Å². The number of aryl methyl sites for hydroxylation is 1. The molecule has 0 amide bonds. The molecule has 1 aliphatic rings. The number of aromatic nitrogens is 2. The molecule has 0 aliphatic heterocycles. The number of nitrogens with zero attached hydrogens (tertiary/aromatic N) is 2. The predicted octanol–water partition coefficient (Wildman–Crippen LogP) is 3.09. The van der Waals surface area contributed by atoms with Crippen LogP contribution in [0.3, 0.4) is 0 Å². The van der Waals surface area contributed by atoms with Gasteiger partial charge in [-0.3, -0.25) is 9.36 Å². The summed E-state index contributed by atoms with van der Waals surface area (Å²) in [6.07, 6.45) is 4.60. The van der Waals surface area contributed by atoms with Crippen molar-refractivity contribution in [2.45, 2.75) is 57.9 Å². The van der Waals surface area contributed by atoms with Crippen molar-refractivity contribution >= 4 is 10.9 Å². The number of fused-ring (bicyclic) bond motifs is 1. The molecule has 1 aliphatic carbocycles. The van der Waals surface area contributed by atoms with Gasteiger partial charge in [0.25, 0.3) is 5.56 Å². The number of benzene rings is 1. The van der Waals surface area contributed by atoms with Gasteiger partial charge >= 0.3 is 0 Å². The largest absolute Gasteiger partial charge is 0.324 e. The molecule has 0 radical (unpaired) electrons. The van der Waals surface area contributed by atoms with E-state index in [0.717, 1.165) is 35.3 Å². The van der Waals surface area contributed by atoms with Crippen molar-refractivity contribution in [2.75, 3.05) is 0 Å². The zero-order valence-corrected chi connectivity index (χ0v) is 13.9. The predicted molar refractivity (Wildman–Crippen MR) is 90.1 cm³/mol. The molecule has 1 aromatic heterocycles. The average Bonchev–Trinajstić information content (AvgIpc) is 2.90. The van der Waals surface area contributed by atoms with Crippen LogP contribution in [0.1, 0.15) is 62.5 Å². The fourth-order valence-corrected chi connectivity index (χ4v) is 3.82. The van der Waals surface area contributed by atoms with E-state index in [4.69, 9.17) is 10.7 Å². The molecule has 1 aromatic carbocycles. The van der Waals surface area contributed by atoms with Crippen LogP contribution in [0, 0.1) is 6.92 Å². The van der Waals surface area contributed by atoms with Crippen molar-refractivity contribution < 1.29 is 0 Å². The lowest BCUT2D eigenvalue weighted by Crippen LogP contribution is -2.32. The van der Waals surface area contributed by atoms with Crippen molar-refractivity contribution in [3.63, 3.8) is 0 Å². The zero-order chi connectivity index (χ0) is 16.1. The highest BCUT2D eigenvalue weighted by Crippen LogP contribution is 2.39. The van der Waals surface area contributed by atoms with E-state index in [2.05, 4.69) is 13.0 Å².